The Morgan fingerprint density at radius 2 is 1.88 bits per heavy atom. The number of carbonyl (C=O) groups is 2. The molecule has 5 nitrogen and oxygen atoms in total. The average Bonchev–Trinajstić information content (AvgIpc) is 2.60. The second kappa shape index (κ2) is 7.39. The zero-order chi connectivity index (χ0) is 16.9. The number of hydrogen-bond acceptors (Lipinski definition) is 4. The van der Waals surface area contributed by atoms with Crippen molar-refractivity contribution in [2.45, 2.75) is 0 Å². The molecule has 2 aromatic carbocycles. The number of hydrogen-bond donors (Lipinski definition) is 1. The first-order valence-corrected chi connectivity index (χ1v) is 8.28. The van der Waals surface area contributed by atoms with E-state index in [0.29, 0.717) is 11.3 Å². The molecule has 6 heteroatoms. The lowest BCUT2D eigenvalue weighted by atomic mass is 10.2. The van der Waals surface area contributed by atoms with E-state index >= 15 is 0 Å². The van der Waals surface area contributed by atoms with E-state index < -0.39 is 11.9 Å². The molecule has 24 heavy (non-hydrogen) atoms. The minimum absolute atomic E-state index is 0.347. The number of nitrogens with one attached hydrogen (secondary N) is 1. The molecule has 3 aromatic rings. The van der Waals surface area contributed by atoms with E-state index in [-0.39, 0.29) is 6.61 Å². The van der Waals surface area contributed by atoms with E-state index in [9.17, 15) is 9.59 Å². The van der Waals surface area contributed by atoms with Crippen LogP contribution < -0.4 is 5.32 Å². The van der Waals surface area contributed by atoms with Crippen LogP contribution in [0.25, 0.3) is 10.9 Å². The first-order chi connectivity index (χ1) is 11.6. The lowest BCUT2D eigenvalue weighted by molar-refractivity contribution is -0.119. The van der Waals surface area contributed by atoms with Crippen LogP contribution in [0.5, 0.6) is 0 Å². The predicted molar refractivity (Wildman–Crippen MR) is 99.8 cm³/mol. The maximum Gasteiger partial charge on any atom is 0.339 e. The number of amides is 1. The summed E-state index contributed by atoms with van der Waals surface area (Å²) in [5.41, 5.74) is 1.86. The molecule has 0 radical (unpaired) electrons. The molecule has 0 saturated heterocycles. The molecule has 0 bridgehead atoms. The summed E-state index contributed by atoms with van der Waals surface area (Å²) < 4.78 is 5.86. The smallest absolute Gasteiger partial charge is 0.339 e. The van der Waals surface area contributed by atoms with Gasteiger partial charge in [-0.25, -0.2) is 4.79 Å². The molecule has 0 saturated carbocycles. The van der Waals surface area contributed by atoms with Gasteiger partial charge in [0.25, 0.3) is 5.91 Å². The molecular weight excluding hydrogens is 419 g/mol. The third-order valence-corrected chi connectivity index (χ3v) is 4.29. The summed E-state index contributed by atoms with van der Waals surface area (Å²) in [6.07, 6.45) is 1.69. The fourth-order valence-corrected chi connectivity index (χ4v) is 2.84. The first-order valence-electron chi connectivity index (χ1n) is 7.20. The number of nitrogens with zero attached hydrogens (tertiary/aromatic N) is 1. The summed E-state index contributed by atoms with van der Waals surface area (Å²) in [5, 5.41) is 3.58. The lowest BCUT2D eigenvalue weighted by Gasteiger charge is -2.09. The topological polar surface area (TPSA) is 68.3 Å². The van der Waals surface area contributed by atoms with Crippen LogP contribution in [0, 0.1) is 3.57 Å². The van der Waals surface area contributed by atoms with E-state index in [2.05, 4.69) is 32.9 Å². The molecule has 3 rings (SSSR count). The largest absolute Gasteiger partial charge is 0.452 e. The van der Waals surface area contributed by atoms with Crippen molar-refractivity contribution in [3.05, 3.63) is 69.9 Å². The van der Waals surface area contributed by atoms with Gasteiger partial charge in [-0.3, -0.25) is 9.78 Å². The van der Waals surface area contributed by atoms with E-state index in [1.54, 1.807) is 36.5 Å². The minimum Gasteiger partial charge on any atom is -0.452 e. The van der Waals surface area contributed by atoms with Gasteiger partial charge in [-0.2, -0.15) is 0 Å². The van der Waals surface area contributed by atoms with E-state index in [0.717, 1.165) is 14.5 Å². The van der Waals surface area contributed by atoms with Crippen molar-refractivity contribution in [2.24, 2.45) is 0 Å². The number of carbonyl (C=O) groups excluding carboxylic acids is 2. The second-order valence-corrected chi connectivity index (χ2v) is 6.14. The van der Waals surface area contributed by atoms with Gasteiger partial charge in [0, 0.05) is 15.2 Å². The maximum absolute atomic E-state index is 12.1. The number of anilines is 1. The summed E-state index contributed by atoms with van der Waals surface area (Å²) in [5.74, 6) is -0.916. The van der Waals surface area contributed by atoms with Crippen molar-refractivity contribution in [1.29, 1.82) is 0 Å². The van der Waals surface area contributed by atoms with E-state index in [1.165, 1.54) is 0 Å². The van der Waals surface area contributed by atoms with Crippen LogP contribution in [0.4, 0.5) is 5.69 Å². The first kappa shape index (κ1) is 16.4. The van der Waals surface area contributed by atoms with Gasteiger partial charge in [-0.05, 0) is 59.0 Å². The number of benzene rings is 2. The molecule has 0 fully saturated rings. The Bertz CT molecular complexity index is 906. The fraction of sp³-hybridized carbons (Fsp3) is 0.0556. The number of ether oxygens (including phenoxy) is 1. The van der Waals surface area contributed by atoms with Gasteiger partial charge in [0.2, 0.25) is 0 Å². The van der Waals surface area contributed by atoms with Crippen LogP contribution in [-0.2, 0) is 9.53 Å². The zero-order valence-corrected chi connectivity index (χ0v) is 14.7. The molecule has 0 aliphatic rings. The van der Waals surface area contributed by atoms with E-state index in [4.69, 9.17) is 4.74 Å². The van der Waals surface area contributed by atoms with Crippen molar-refractivity contribution in [3.63, 3.8) is 0 Å². The highest BCUT2D eigenvalue weighted by Crippen LogP contribution is 2.21. The van der Waals surface area contributed by atoms with Crippen molar-refractivity contribution < 1.29 is 14.3 Å². The Kier molecular flexibility index (Phi) is 5.05. The quantitative estimate of drug-likeness (QED) is 0.505. The summed E-state index contributed by atoms with van der Waals surface area (Å²) in [6, 6.07) is 16.2. The monoisotopic (exact) mass is 432 g/mol. The summed E-state index contributed by atoms with van der Waals surface area (Å²) in [4.78, 5) is 28.3. The van der Waals surface area contributed by atoms with Gasteiger partial charge in [-0.1, -0.05) is 18.2 Å². The normalized spacial score (nSPS) is 10.4. The molecule has 1 aromatic heterocycles. The van der Waals surface area contributed by atoms with Gasteiger partial charge in [-0.15, -0.1) is 0 Å². The number of rotatable bonds is 4. The molecule has 1 heterocycles. The Labute approximate surface area is 152 Å². The number of halogens is 1. The highest BCUT2D eigenvalue weighted by molar-refractivity contribution is 14.1. The van der Waals surface area contributed by atoms with Crippen molar-refractivity contribution >= 4 is 51.1 Å². The number of fused-ring (bicyclic) bond motifs is 1. The highest BCUT2D eigenvalue weighted by atomic mass is 127. The Morgan fingerprint density at radius 3 is 2.71 bits per heavy atom. The molecule has 1 N–H and O–H groups in total. The van der Waals surface area contributed by atoms with Gasteiger partial charge < -0.3 is 10.1 Å². The Hall–Kier alpha value is -2.48. The Balaban J connectivity index is 1.66. The average molecular weight is 432 g/mol. The number of esters is 1. The van der Waals surface area contributed by atoms with Gasteiger partial charge in [0.15, 0.2) is 6.61 Å². The number of pyridine rings is 1. The molecule has 0 aliphatic heterocycles. The molecular formula is C18H13IN2O3. The SMILES string of the molecule is O=C(COC(=O)c1ccccc1I)Nc1cccc2ncccc12. The highest BCUT2D eigenvalue weighted by Gasteiger charge is 2.13. The molecule has 0 aliphatic carbocycles. The molecule has 120 valence electrons. The fourth-order valence-electron chi connectivity index (χ4n) is 2.23. The van der Waals surface area contributed by atoms with Crippen LogP contribution in [0.15, 0.2) is 60.8 Å². The van der Waals surface area contributed by atoms with Gasteiger partial charge in [0.05, 0.1) is 16.8 Å². The van der Waals surface area contributed by atoms with Gasteiger partial charge in [0.1, 0.15) is 0 Å². The van der Waals surface area contributed by atoms with Crippen molar-refractivity contribution in [1.82, 2.24) is 4.98 Å². The molecule has 0 unspecified atom stereocenters. The third-order valence-electron chi connectivity index (χ3n) is 3.35. The predicted octanol–water partition coefficient (Wildman–Crippen LogP) is 3.63. The zero-order valence-electron chi connectivity index (χ0n) is 12.5. The minimum atomic E-state index is -0.519. The second-order valence-electron chi connectivity index (χ2n) is 4.98. The van der Waals surface area contributed by atoms with Crippen LogP contribution in [0.1, 0.15) is 10.4 Å². The summed E-state index contributed by atoms with van der Waals surface area (Å²) in [6.45, 7) is -0.347. The number of aromatic nitrogens is 1. The van der Waals surface area contributed by atoms with Crippen LogP contribution in [-0.4, -0.2) is 23.5 Å². The molecule has 1 amide bonds. The standard InChI is InChI=1S/C18H13IN2O3/c19-14-7-2-1-5-12(14)18(23)24-11-17(22)21-16-9-3-8-15-13(16)6-4-10-20-15/h1-10H,11H2,(H,21,22). The summed E-state index contributed by atoms with van der Waals surface area (Å²) >= 11 is 2.05. The maximum atomic E-state index is 12.1. The third kappa shape index (κ3) is 3.70. The van der Waals surface area contributed by atoms with E-state index in [1.807, 2.05) is 24.3 Å². The van der Waals surface area contributed by atoms with Crippen molar-refractivity contribution in [3.8, 4) is 0 Å². The summed E-state index contributed by atoms with van der Waals surface area (Å²) in [7, 11) is 0. The van der Waals surface area contributed by atoms with Gasteiger partial charge >= 0.3 is 5.97 Å². The van der Waals surface area contributed by atoms with Crippen LogP contribution >= 0.6 is 22.6 Å². The molecule has 0 atom stereocenters. The molecule has 0 spiro atoms. The van der Waals surface area contributed by atoms with Crippen LogP contribution in [0.2, 0.25) is 0 Å². The van der Waals surface area contributed by atoms with Crippen molar-refractivity contribution in [2.75, 3.05) is 11.9 Å². The lowest BCUT2D eigenvalue weighted by Crippen LogP contribution is -2.21. The van der Waals surface area contributed by atoms with Crippen LogP contribution in [0.3, 0.4) is 0 Å². The Morgan fingerprint density at radius 1 is 1.04 bits per heavy atom.